The maximum Gasteiger partial charge on any atom is 0.433 e. The molecule has 1 N–H and O–H groups in total. The van der Waals surface area contributed by atoms with Crippen molar-refractivity contribution >= 4 is 6.41 Å². The lowest BCUT2D eigenvalue weighted by molar-refractivity contribution is -0.231. The van der Waals surface area contributed by atoms with Crippen molar-refractivity contribution in [1.82, 2.24) is 5.32 Å². The van der Waals surface area contributed by atoms with Crippen LogP contribution in [0.1, 0.15) is 5.56 Å². The van der Waals surface area contributed by atoms with Gasteiger partial charge in [-0.1, -0.05) is 30.3 Å². The molecule has 0 radical (unpaired) electrons. The Morgan fingerprint density at radius 3 is 2.44 bits per heavy atom. The molecule has 0 saturated carbocycles. The summed E-state index contributed by atoms with van der Waals surface area (Å²) >= 11 is 0. The molecule has 16 heavy (non-hydrogen) atoms. The average Bonchev–Trinajstić information content (AvgIpc) is 2.24. The summed E-state index contributed by atoms with van der Waals surface area (Å²) in [6.07, 6.45) is -6.93. The zero-order valence-corrected chi connectivity index (χ0v) is 8.20. The number of hydrogen-bond donors (Lipinski definition) is 1. The number of carbonyl (C=O) groups is 1. The highest BCUT2D eigenvalue weighted by molar-refractivity contribution is 5.46. The molecule has 1 unspecified atom stereocenters. The molecule has 0 aliphatic rings. The van der Waals surface area contributed by atoms with E-state index < -0.39 is 12.4 Å². The highest BCUT2D eigenvalue weighted by Gasteiger charge is 2.40. The summed E-state index contributed by atoms with van der Waals surface area (Å²) in [4.78, 5) is 9.98. The summed E-state index contributed by atoms with van der Waals surface area (Å²) in [7, 11) is 0. The van der Waals surface area contributed by atoms with Crippen LogP contribution in [0, 0.1) is 0 Å². The Hall–Kier alpha value is -1.56. The molecule has 6 heteroatoms. The summed E-state index contributed by atoms with van der Waals surface area (Å²) in [5.41, 5.74) is 0.601. The fourth-order valence-electron chi connectivity index (χ4n) is 1.05. The van der Waals surface area contributed by atoms with Crippen LogP contribution >= 0.6 is 0 Å². The Labute approximate surface area is 90.2 Å². The standard InChI is InChI=1S/C10H10F3NO2/c11-10(12,13)9(14-7-15)16-6-8-4-2-1-3-5-8/h1-5,7,9H,6H2,(H,14,15). The third-order valence-electron chi connectivity index (χ3n) is 1.78. The predicted molar refractivity (Wildman–Crippen MR) is 50.3 cm³/mol. The quantitative estimate of drug-likeness (QED) is 0.622. The van der Waals surface area contributed by atoms with Gasteiger partial charge in [0.1, 0.15) is 0 Å². The van der Waals surface area contributed by atoms with Gasteiger partial charge in [0.15, 0.2) is 0 Å². The molecule has 0 saturated heterocycles. The normalized spacial score (nSPS) is 13.2. The van der Waals surface area contributed by atoms with E-state index in [-0.39, 0.29) is 13.0 Å². The topological polar surface area (TPSA) is 38.3 Å². The summed E-state index contributed by atoms with van der Waals surface area (Å²) in [5, 5.41) is 1.57. The van der Waals surface area contributed by atoms with Gasteiger partial charge in [-0.2, -0.15) is 13.2 Å². The van der Waals surface area contributed by atoms with Gasteiger partial charge in [-0.15, -0.1) is 0 Å². The van der Waals surface area contributed by atoms with Crippen LogP contribution in [-0.2, 0) is 16.1 Å². The van der Waals surface area contributed by atoms with Crippen LogP contribution in [0.25, 0.3) is 0 Å². The van der Waals surface area contributed by atoms with Crippen LogP contribution in [0.5, 0.6) is 0 Å². The van der Waals surface area contributed by atoms with Crippen LogP contribution in [0.2, 0.25) is 0 Å². The summed E-state index contributed by atoms with van der Waals surface area (Å²) in [6, 6.07) is 8.39. The first-order valence-corrected chi connectivity index (χ1v) is 4.46. The van der Waals surface area contributed by atoms with E-state index in [1.54, 1.807) is 35.6 Å². The number of amides is 1. The molecule has 1 rings (SSSR count). The molecule has 0 fully saturated rings. The summed E-state index contributed by atoms with van der Waals surface area (Å²) < 4.78 is 41.4. The minimum Gasteiger partial charge on any atom is -0.345 e. The van der Waals surface area contributed by atoms with Gasteiger partial charge < -0.3 is 10.1 Å². The van der Waals surface area contributed by atoms with Crippen molar-refractivity contribution < 1.29 is 22.7 Å². The second kappa shape index (κ2) is 5.50. The van der Waals surface area contributed by atoms with Crippen molar-refractivity contribution in [3.63, 3.8) is 0 Å². The van der Waals surface area contributed by atoms with Crippen molar-refractivity contribution in [3.8, 4) is 0 Å². The van der Waals surface area contributed by atoms with Gasteiger partial charge in [0.2, 0.25) is 12.6 Å². The van der Waals surface area contributed by atoms with Gasteiger partial charge in [-0.05, 0) is 5.56 Å². The summed E-state index contributed by atoms with van der Waals surface area (Å²) in [5.74, 6) is 0. The molecular formula is C10H10F3NO2. The van der Waals surface area contributed by atoms with Gasteiger partial charge in [-0.3, -0.25) is 4.79 Å². The number of carbonyl (C=O) groups excluding carboxylic acids is 1. The molecular weight excluding hydrogens is 223 g/mol. The molecule has 0 spiro atoms. The van der Waals surface area contributed by atoms with E-state index in [1.165, 1.54) is 0 Å². The largest absolute Gasteiger partial charge is 0.433 e. The third kappa shape index (κ3) is 3.90. The second-order valence-corrected chi connectivity index (χ2v) is 3.00. The van der Waals surface area contributed by atoms with Crippen molar-refractivity contribution in [2.45, 2.75) is 19.0 Å². The van der Waals surface area contributed by atoms with Gasteiger partial charge in [0.05, 0.1) is 6.61 Å². The molecule has 1 aromatic carbocycles. The number of alkyl halides is 3. The van der Waals surface area contributed by atoms with Gasteiger partial charge in [0.25, 0.3) is 0 Å². The molecule has 3 nitrogen and oxygen atoms in total. The number of hydrogen-bond acceptors (Lipinski definition) is 2. The minimum absolute atomic E-state index is 0.0385. The highest BCUT2D eigenvalue weighted by atomic mass is 19.4. The lowest BCUT2D eigenvalue weighted by Gasteiger charge is -2.19. The maximum absolute atomic E-state index is 12.3. The van der Waals surface area contributed by atoms with Crippen molar-refractivity contribution in [2.24, 2.45) is 0 Å². The fourth-order valence-corrected chi connectivity index (χ4v) is 1.05. The first-order chi connectivity index (χ1) is 7.54. The number of ether oxygens (including phenoxy) is 1. The lowest BCUT2D eigenvalue weighted by Crippen LogP contribution is -2.43. The average molecular weight is 233 g/mol. The molecule has 0 aliphatic heterocycles. The number of nitrogens with one attached hydrogen (secondary N) is 1. The Morgan fingerprint density at radius 2 is 1.94 bits per heavy atom. The zero-order chi connectivity index (χ0) is 12.0. The number of benzene rings is 1. The first-order valence-electron chi connectivity index (χ1n) is 4.46. The predicted octanol–water partition coefficient (Wildman–Crippen LogP) is 1.84. The van der Waals surface area contributed by atoms with Crippen LogP contribution < -0.4 is 5.32 Å². The minimum atomic E-state index is -4.62. The van der Waals surface area contributed by atoms with Crippen LogP contribution in [0.4, 0.5) is 13.2 Å². The Morgan fingerprint density at radius 1 is 1.31 bits per heavy atom. The Balaban J connectivity index is 2.54. The monoisotopic (exact) mass is 233 g/mol. The smallest absolute Gasteiger partial charge is 0.345 e. The molecule has 1 atom stereocenters. The van der Waals surface area contributed by atoms with E-state index in [2.05, 4.69) is 4.74 Å². The molecule has 1 amide bonds. The van der Waals surface area contributed by atoms with E-state index in [0.717, 1.165) is 0 Å². The van der Waals surface area contributed by atoms with E-state index in [9.17, 15) is 18.0 Å². The van der Waals surface area contributed by atoms with Crippen LogP contribution in [0.3, 0.4) is 0 Å². The fraction of sp³-hybridized carbons (Fsp3) is 0.300. The van der Waals surface area contributed by atoms with E-state index >= 15 is 0 Å². The summed E-state index contributed by atoms with van der Waals surface area (Å²) in [6.45, 7) is -0.216. The van der Waals surface area contributed by atoms with Crippen LogP contribution in [0.15, 0.2) is 30.3 Å². The molecule has 0 aliphatic carbocycles. The zero-order valence-electron chi connectivity index (χ0n) is 8.20. The Bertz CT molecular complexity index is 327. The highest BCUT2D eigenvalue weighted by Crippen LogP contribution is 2.21. The van der Waals surface area contributed by atoms with Crippen molar-refractivity contribution in [2.75, 3.05) is 0 Å². The molecule has 0 heterocycles. The lowest BCUT2D eigenvalue weighted by atomic mass is 10.2. The van der Waals surface area contributed by atoms with Crippen molar-refractivity contribution in [3.05, 3.63) is 35.9 Å². The van der Waals surface area contributed by atoms with Crippen LogP contribution in [-0.4, -0.2) is 18.8 Å². The van der Waals surface area contributed by atoms with Crippen molar-refractivity contribution in [1.29, 1.82) is 0 Å². The molecule has 0 aromatic heterocycles. The SMILES string of the molecule is O=CNC(OCc1ccccc1)C(F)(F)F. The van der Waals surface area contributed by atoms with E-state index in [0.29, 0.717) is 5.56 Å². The Kier molecular flexibility index (Phi) is 4.30. The van der Waals surface area contributed by atoms with Gasteiger partial charge in [-0.25, -0.2) is 0 Å². The molecule has 0 bridgehead atoms. The molecule has 1 aromatic rings. The second-order valence-electron chi connectivity index (χ2n) is 3.00. The number of rotatable bonds is 5. The third-order valence-corrected chi connectivity index (χ3v) is 1.78. The number of halogens is 3. The van der Waals surface area contributed by atoms with E-state index in [4.69, 9.17) is 0 Å². The first kappa shape index (κ1) is 12.5. The van der Waals surface area contributed by atoms with E-state index in [1.807, 2.05) is 0 Å². The van der Waals surface area contributed by atoms with Gasteiger partial charge in [0, 0.05) is 0 Å². The maximum atomic E-state index is 12.3. The van der Waals surface area contributed by atoms with Gasteiger partial charge >= 0.3 is 6.18 Å². The molecule has 88 valence electrons.